The number of nitrogens with zero attached hydrogens (tertiary/aromatic N) is 7. The first-order chi connectivity index (χ1) is 17.5. The molecule has 1 aromatic carbocycles. The van der Waals surface area contributed by atoms with Crippen molar-refractivity contribution in [2.75, 3.05) is 31.4 Å². The normalized spacial score (nSPS) is 17.0. The summed E-state index contributed by atoms with van der Waals surface area (Å²) in [7, 11) is 3.14. The maximum absolute atomic E-state index is 12.6. The molecule has 0 radical (unpaired) electrons. The van der Waals surface area contributed by atoms with Crippen LogP contribution < -0.4 is 20.1 Å². The Labute approximate surface area is 205 Å². The molecule has 5 rings (SSSR count). The van der Waals surface area contributed by atoms with E-state index in [1.807, 2.05) is 0 Å². The first kappa shape index (κ1) is 22.9. The van der Waals surface area contributed by atoms with Crippen LogP contribution in [0.5, 0.6) is 11.5 Å². The van der Waals surface area contributed by atoms with Gasteiger partial charge in [0.15, 0.2) is 11.4 Å². The second-order valence-electron chi connectivity index (χ2n) is 7.99. The molecule has 4 aromatic rings. The fourth-order valence-corrected chi connectivity index (χ4v) is 4.25. The Morgan fingerprint density at radius 3 is 2.67 bits per heavy atom. The number of carbonyl (C=O) groups excluding carboxylic acids is 1. The van der Waals surface area contributed by atoms with E-state index < -0.39 is 6.04 Å². The molecule has 3 aromatic heterocycles. The molecule has 12 nitrogen and oxygen atoms in total. The fraction of sp³-hybridized carbons (Fsp3) is 0.250. The van der Waals surface area contributed by atoms with Gasteiger partial charge in [-0.05, 0) is 30.6 Å². The minimum Gasteiger partial charge on any atom is -0.497 e. The average Bonchev–Trinajstić information content (AvgIpc) is 3.65. The Balaban J connectivity index is 1.57. The number of rotatable bonds is 6. The van der Waals surface area contributed by atoms with Gasteiger partial charge >= 0.3 is 6.01 Å². The van der Waals surface area contributed by atoms with E-state index in [0.29, 0.717) is 46.8 Å². The topological polar surface area (TPSA) is 147 Å². The molecule has 0 spiro atoms. The number of hydrogen-bond acceptors (Lipinski definition) is 11. The molecule has 1 unspecified atom stereocenters. The van der Waals surface area contributed by atoms with Crippen molar-refractivity contribution in [1.29, 1.82) is 0 Å². The summed E-state index contributed by atoms with van der Waals surface area (Å²) >= 11 is 0. The molecule has 2 atom stereocenters. The van der Waals surface area contributed by atoms with Crippen LogP contribution in [0.3, 0.4) is 0 Å². The van der Waals surface area contributed by atoms with Crippen molar-refractivity contribution in [1.82, 2.24) is 29.9 Å². The molecule has 36 heavy (non-hydrogen) atoms. The molecule has 2 N–H and O–H groups in total. The summed E-state index contributed by atoms with van der Waals surface area (Å²) in [6.07, 6.45) is 4.30. The highest BCUT2D eigenvalue weighted by atomic mass is 16.5. The molecular weight excluding hydrogens is 464 g/mol. The van der Waals surface area contributed by atoms with Gasteiger partial charge in [-0.25, -0.2) is 14.6 Å². The summed E-state index contributed by atoms with van der Waals surface area (Å²) in [5.41, 5.74) is 7.80. The summed E-state index contributed by atoms with van der Waals surface area (Å²) in [5, 5.41) is 13.0. The number of benzene rings is 1. The third kappa shape index (κ3) is 4.07. The van der Waals surface area contributed by atoms with Crippen molar-refractivity contribution in [3.8, 4) is 23.3 Å². The van der Waals surface area contributed by atoms with Gasteiger partial charge in [-0.2, -0.15) is 5.10 Å². The zero-order valence-corrected chi connectivity index (χ0v) is 19.6. The molecule has 4 heterocycles. The smallest absolute Gasteiger partial charge is 0.318 e. The van der Waals surface area contributed by atoms with E-state index >= 15 is 0 Å². The van der Waals surface area contributed by atoms with Crippen LogP contribution in [0.15, 0.2) is 48.0 Å². The molecular formula is C24H22N8O4. The van der Waals surface area contributed by atoms with Gasteiger partial charge in [0.1, 0.15) is 29.3 Å². The zero-order chi connectivity index (χ0) is 25.2. The first-order valence-corrected chi connectivity index (χ1v) is 10.9. The van der Waals surface area contributed by atoms with Crippen LogP contribution in [-0.4, -0.2) is 62.5 Å². The molecule has 12 heteroatoms. The molecule has 0 saturated carbocycles. The van der Waals surface area contributed by atoms with Gasteiger partial charge in [0.2, 0.25) is 6.39 Å². The van der Waals surface area contributed by atoms with E-state index in [1.165, 1.54) is 18.8 Å². The third-order valence-electron chi connectivity index (χ3n) is 5.94. The maximum atomic E-state index is 12.6. The number of nitrogens with two attached hydrogens (primary N) is 1. The van der Waals surface area contributed by atoms with Gasteiger partial charge < -0.3 is 24.5 Å². The van der Waals surface area contributed by atoms with Gasteiger partial charge in [-0.1, -0.05) is 17.6 Å². The monoisotopic (exact) mass is 486 g/mol. The summed E-state index contributed by atoms with van der Waals surface area (Å²) in [4.78, 5) is 22.9. The predicted octanol–water partition coefficient (Wildman–Crippen LogP) is 1.78. The first-order valence-electron chi connectivity index (χ1n) is 10.9. The molecule has 1 saturated heterocycles. The van der Waals surface area contributed by atoms with E-state index in [0.717, 1.165) is 0 Å². The Morgan fingerprint density at radius 2 is 2.00 bits per heavy atom. The van der Waals surface area contributed by atoms with Crippen molar-refractivity contribution >= 4 is 28.6 Å². The maximum Gasteiger partial charge on any atom is 0.318 e. The average molecular weight is 486 g/mol. The van der Waals surface area contributed by atoms with Crippen LogP contribution in [-0.2, 0) is 4.79 Å². The van der Waals surface area contributed by atoms with Crippen molar-refractivity contribution in [3.63, 3.8) is 0 Å². The van der Waals surface area contributed by atoms with E-state index in [-0.39, 0.29) is 23.7 Å². The van der Waals surface area contributed by atoms with Gasteiger partial charge in [-0.3, -0.25) is 4.79 Å². The van der Waals surface area contributed by atoms with Crippen molar-refractivity contribution in [2.24, 2.45) is 0 Å². The lowest BCUT2D eigenvalue weighted by Crippen LogP contribution is -2.35. The molecule has 1 aliphatic heterocycles. The Bertz CT molecular complexity index is 1480. The SMILES string of the molecule is C=CC(=O)C1C[C@H](n2nc(C#Cc3cc(OC)cc(OC)c3)c3c(N)ncnc32)CN1c1nnco1. The fourth-order valence-electron chi connectivity index (χ4n) is 4.25. The summed E-state index contributed by atoms with van der Waals surface area (Å²) < 4.78 is 17.7. The van der Waals surface area contributed by atoms with Gasteiger partial charge in [0.25, 0.3) is 0 Å². The highest BCUT2D eigenvalue weighted by Gasteiger charge is 2.40. The van der Waals surface area contributed by atoms with Crippen LogP contribution >= 0.6 is 0 Å². The van der Waals surface area contributed by atoms with Gasteiger partial charge in [0, 0.05) is 18.2 Å². The summed E-state index contributed by atoms with van der Waals surface area (Å²) in [6, 6.07) is 4.80. The van der Waals surface area contributed by atoms with Crippen molar-refractivity contribution < 1.29 is 18.7 Å². The minimum absolute atomic E-state index is 0.159. The molecule has 182 valence electrons. The van der Waals surface area contributed by atoms with Crippen molar-refractivity contribution in [2.45, 2.75) is 18.5 Å². The lowest BCUT2D eigenvalue weighted by Gasteiger charge is -2.19. The molecule has 1 fully saturated rings. The van der Waals surface area contributed by atoms with Crippen LogP contribution in [0.25, 0.3) is 11.0 Å². The van der Waals surface area contributed by atoms with Crippen LogP contribution in [0.1, 0.15) is 23.7 Å². The lowest BCUT2D eigenvalue weighted by atomic mass is 10.1. The molecule has 0 amide bonds. The van der Waals surface area contributed by atoms with Crippen molar-refractivity contribution in [3.05, 3.63) is 54.8 Å². The number of fused-ring (bicyclic) bond motifs is 1. The Hall–Kier alpha value is -4.92. The molecule has 1 aliphatic rings. The van der Waals surface area contributed by atoms with E-state index in [1.54, 1.807) is 42.0 Å². The van der Waals surface area contributed by atoms with Gasteiger partial charge in [0.05, 0.1) is 31.7 Å². The van der Waals surface area contributed by atoms with Crippen LogP contribution in [0.4, 0.5) is 11.8 Å². The standard InChI is InChI=1S/C24H22N8O4/c1-4-20(33)19-9-15(11-31(19)24-29-28-13-36-24)32-23-21(22(25)26-12-27-23)18(30-32)6-5-14-7-16(34-2)10-17(8-14)35-3/h4,7-8,10,12-13,15,19H,1,9,11H2,2-3H3,(H2,25,26,27)/t15-,19?/m0/s1. The van der Waals surface area contributed by atoms with Crippen LogP contribution in [0, 0.1) is 11.8 Å². The number of hydrogen-bond donors (Lipinski definition) is 1. The third-order valence-corrected chi connectivity index (χ3v) is 5.94. The second kappa shape index (κ2) is 9.38. The number of nitrogen functional groups attached to an aromatic ring is 1. The van der Waals surface area contributed by atoms with E-state index in [9.17, 15) is 4.79 Å². The Kier molecular flexibility index (Phi) is 5.95. The van der Waals surface area contributed by atoms with E-state index in [2.05, 4.69) is 38.6 Å². The number of anilines is 2. The lowest BCUT2D eigenvalue weighted by molar-refractivity contribution is -0.115. The highest BCUT2D eigenvalue weighted by molar-refractivity contribution is 5.96. The number of methoxy groups -OCH3 is 2. The Morgan fingerprint density at radius 1 is 1.22 bits per heavy atom. The molecule has 0 bridgehead atoms. The van der Waals surface area contributed by atoms with Gasteiger partial charge in [-0.15, -0.1) is 5.10 Å². The molecule has 0 aliphatic carbocycles. The summed E-state index contributed by atoms with van der Waals surface area (Å²) in [6.45, 7) is 4.01. The quantitative estimate of drug-likeness (QED) is 0.314. The number of ketones is 1. The highest BCUT2D eigenvalue weighted by Crippen LogP contribution is 2.34. The summed E-state index contributed by atoms with van der Waals surface area (Å²) in [5.74, 6) is 7.50. The number of ether oxygens (including phenoxy) is 2. The largest absolute Gasteiger partial charge is 0.497 e. The minimum atomic E-state index is -0.537. The number of carbonyl (C=O) groups is 1. The second-order valence-corrected chi connectivity index (χ2v) is 7.99. The van der Waals surface area contributed by atoms with Crippen LogP contribution in [0.2, 0.25) is 0 Å². The van der Waals surface area contributed by atoms with E-state index in [4.69, 9.17) is 24.7 Å². The zero-order valence-electron chi connectivity index (χ0n) is 19.6. The number of aromatic nitrogens is 6. The predicted molar refractivity (Wildman–Crippen MR) is 130 cm³/mol.